The average Bonchev–Trinajstić information content (AvgIpc) is 2.34. The standard InChI is InChI=1S/C15H20BrNO4/c1-15(2,3)17(8-7-14(19)20)13(18)10-21-12-6-4-5-11(16)9-12/h4-6,9H,7-8,10H2,1-3H3,(H,19,20). The predicted octanol–water partition coefficient (Wildman–Crippen LogP) is 2.93. The van der Waals surface area contributed by atoms with Crippen LogP contribution in [0.2, 0.25) is 0 Å². The third-order valence-corrected chi connectivity index (χ3v) is 3.31. The van der Waals surface area contributed by atoms with Gasteiger partial charge in [0.2, 0.25) is 0 Å². The molecular weight excluding hydrogens is 338 g/mol. The molecule has 1 amide bonds. The van der Waals surface area contributed by atoms with E-state index in [9.17, 15) is 9.59 Å². The number of carbonyl (C=O) groups is 2. The van der Waals surface area contributed by atoms with Gasteiger partial charge in [0, 0.05) is 16.6 Å². The van der Waals surface area contributed by atoms with Gasteiger partial charge in [-0.3, -0.25) is 9.59 Å². The molecule has 1 aromatic rings. The lowest BCUT2D eigenvalue weighted by Gasteiger charge is -2.35. The van der Waals surface area contributed by atoms with Crippen molar-refractivity contribution >= 4 is 27.8 Å². The zero-order chi connectivity index (χ0) is 16.0. The van der Waals surface area contributed by atoms with Gasteiger partial charge in [-0.1, -0.05) is 22.0 Å². The van der Waals surface area contributed by atoms with Gasteiger partial charge < -0.3 is 14.7 Å². The molecule has 0 unspecified atom stereocenters. The molecular formula is C15H20BrNO4. The molecule has 1 rings (SSSR count). The summed E-state index contributed by atoms with van der Waals surface area (Å²) in [6, 6.07) is 7.21. The quantitative estimate of drug-likeness (QED) is 0.849. The number of rotatable bonds is 6. The first-order chi connectivity index (χ1) is 9.70. The summed E-state index contributed by atoms with van der Waals surface area (Å²) in [5.74, 6) is -0.571. The van der Waals surface area contributed by atoms with E-state index in [1.165, 1.54) is 4.90 Å². The lowest BCUT2D eigenvalue weighted by Crippen LogP contribution is -2.48. The normalized spacial score (nSPS) is 11.0. The molecule has 6 heteroatoms. The van der Waals surface area contributed by atoms with Crippen LogP contribution in [0.25, 0.3) is 0 Å². The Labute approximate surface area is 133 Å². The highest BCUT2D eigenvalue weighted by atomic mass is 79.9. The number of amides is 1. The van der Waals surface area contributed by atoms with Crippen LogP contribution in [-0.2, 0) is 9.59 Å². The molecule has 0 saturated carbocycles. The number of hydrogen-bond donors (Lipinski definition) is 1. The van der Waals surface area contributed by atoms with Crippen molar-refractivity contribution < 1.29 is 19.4 Å². The number of carboxylic acids is 1. The molecule has 0 radical (unpaired) electrons. The highest BCUT2D eigenvalue weighted by molar-refractivity contribution is 9.10. The van der Waals surface area contributed by atoms with Crippen molar-refractivity contribution in [2.24, 2.45) is 0 Å². The minimum Gasteiger partial charge on any atom is -0.484 e. The van der Waals surface area contributed by atoms with Gasteiger partial charge in [-0.2, -0.15) is 0 Å². The molecule has 5 nitrogen and oxygen atoms in total. The fourth-order valence-electron chi connectivity index (χ4n) is 1.82. The summed E-state index contributed by atoms with van der Waals surface area (Å²) in [6.07, 6.45) is -0.0834. The second-order valence-electron chi connectivity index (χ2n) is 5.61. The summed E-state index contributed by atoms with van der Waals surface area (Å²) in [7, 11) is 0. The molecule has 21 heavy (non-hydrogen) atoms. The van der Waals surface area contributed by atoms with Gasteiger partial charge in [0.25, 0.3) is 5.91 Å². The van der Waals surface area contributed by atoms with Crippen molar-refractivity contribution in [1.29, 1.82) is 0 Å². The third-order valence-electron chi connectivity index (χ3n) is 2.82. The number of benzene rings is 1. The number of halogens is 1. The Morgan fingerprint density at radius 2 is 2.00 bits per heavy atom. The second kappa shape index (κ2) is 7.45. The first-order valence-corrected chi connectivity index (χ1v) is 7.40. The summed E-state index contributed by atoms with van der Waals surface area (Å²) in [4.78, 5) is 24.5. The minimum absolute atomic E-state index is 0.0834. The van der Waals surface area contributed by atoms with E-state index in [0.717, 1.165) is 4.47 Å². The molecule has 0 aliphatic carbocycles. The van der Waals surface area contributed by atoms with Crippen LogP contribution in [0.3, 0.4) is 0 Å². The van der Waals surface area contributed by atoms with Crippen molar-refractivity contribution in [2.75, 3.05) is 13.2 Å². The molecule has 0 fully saturated rings. The fraction of sp³-hybridized carbons (Fsp3) is 0.467. The number of carbonyl (C=O) groups excluding carboxylic acids is 1. The van der Waals surface area contributed by atoms with Gasteiger partial charge in [-0.25, -0.2) is 0 Å². The second-order valence-corrected chi connectivity index (χ2v) is 6.52. The van der Waals surface area contributed by atoms with Gasteiger partial charge in [-0.05, 0) is 39.0 Å². The van der Waals surface area contributed by atoms with Crippen LogP contribution in [0.1, 0.15) is 27.2 Å². The molecule has 1 aromatic carbocycles. The molecule has 0 saturated heterocycles. The topological polar surface area (TPSA) is 66.8 Å². The summed E-state index contributed by atoms with van der Waals surface area (Å²) >= 11 is 3.33. The van der Waals surface area contributed by atoms with Gasteiger partial charge in [0.15, 0.2) is 6.61 Å². The Kier molecular flexibility index (Phi) is 6.20. The molecule has 0 aliphatic rings. The van der Waals surface area contributed by atoms with Gasteiger partial charge in [0.1, 0.15) is 5.75 Å². The number of carboxylic acid groups (broad SMARTS) is 1. The van der Waals surface area contributed by atoms with E-state index in [1.54, 1.807) is 12.1 Å². The maximum absolute atomic E-state index is 12.3. The van der Waals surface area contributed by atoms with Crippen LogP contribution in [0.5, 0.6) is 5.75 Å². The maximum atomic E-state index is 12.3. The minimum atomic E-state index is -0.926. The SMILES string of the molecule is CC(C)(C)N(CCC(=O)O)C(=O)COc1cccc(Br)c1. The molecule has 0 aliphatic heterocycles. The number of hydrogen-bond acceptors (Lipinski definition) is 3. The van der Waals surface area contributed by atoms with E-state index in [2.05, 4.69) is 15.9 Å². The Morgan fingerprint density at radius 3 is 2.52 bits per heavy atom. The van der Waals surface area contributed by atoms with Gasteiger partial charge in [0.05, 0.1) is 6.42 Å². The number of nitrogens with zero attached hydrogens (tertiary/aromatic N) is 1. The molecule has 0 atom stereocenters. The fourth-order valence-corrected chi connectivity index (χ4v) is 2.20. The monoisotopic (exact) mass is 357 g/mol. The Bertz CT molecular complexity index is 511. The predicted molar refractivity (Wildman–Crippen MR) is 83.4 cm³/mol. The Balaban J connectivity index is 2.66. The van der Waals surface area contributed by atoms with Crippen LogP contribution >= 0.6 is 15.9 Å². The molecule has 1 N–H and O–H groups in total. The number of ether oxygens (including phenoxy) is 1. The summed E-state index contributed by atoms with van der Waals surface area (Å²) in [5, 5.41) is 8.77. The lowest BCUT2D eigenvalue weighted by molar-refractivity contribution is -0.141. The van der Waals surface area contributed by atoms with Crippen molar-refractivity contribution in [3.05, 3.63) is 28.7 Å². The van der Waals surface area contributed by atoms with E-state index in [0.29, 0.717) is 5.75 Å². The van der Waals surface area contributed by atoms with E-state index >= 15 is 0 Å². The van der Waals surface area contributed by atoms with Crippen molar-refractivity contribution in [3.63, 3.8) is 0 Å². The van der Waals surface area contributed by atoms with Crippen molar-refractivity contribution in [2.45, 2.75) is 32.7 Å². The summed E-state index contributed by atoms with van der Waals surface area (Å²) in [6.45, 7) is 5.65. The smallest absolute Gasteiger partial charge is 0.305 e. The largest absolute Gasteiger partial charge is 0.484 e. The summed E-state index contributed by atoms with van der Waals surface area (Å²) in [5.41, 5.74) is -0.451. The van der Waals surface area contributed by atoms with Crippen molar-refractivity contribution in [1.82, 2.24) is 4.90 Å². The van der Waals surface area contributed by atoms with E-state index in [1.807, 2.05) is 32.9 Å². The summed E-state index contributed by atoms with van der Waals surface area (Å²) < 4.78 is 6.33. The molecule has 0 aromatic heterocycles. The molecule has 0 heterocycles. The van der Waals surface area contributed by atoms with Crippen molar-refractivity contribution in [3.8, 4) is 5.75 Å². The van der Waals surface area contributed by atoms with Crippen LogP contribution in [0.4, 0.5) is 0 Å². The lowest BCUT2D eigenvalue weighted by atomic mass is 10.1. The molecule has 116 valence electrons. The van der Waals surface area contributed by atoms with Crippen LogP contribution in [-0.4, -0.2) is 40.6 Å². The Morgan fingerprint density at radius 1 is 1.33 bits per heavy atom. The van der Waals surface area contributed by atoms with Crippen LogP contribution in [0.15, 0.2) is 28.7 Å². The third kappa shape index (κ3) is 6.16. The van der Waals surface area contributed by atoms with E-state index < -0.39 is 11.5 Å². The Hall–Kier alpha value is -1.56. The van der Waals surface area contributed by atoms with Crippen LogP contribution in [0, 0.1) is 0 Å². The highest BCUT2D eigenvalue weighted by Crippen LogP contribution is 2.19. The maximum Gasteiger partial charge on any atom is 0.305 e. The first kappa shape index (κ1) is 17.5. The van der Waals surface area contributed by atoms with Gasteiger partial charge in [-0.15, -0.1) is 0 Å². The first-order valence-electron chi connectivity index (χ1n) is 6.61. The van der Waals surface area contributed by atoms with E-state index in [4.69, 9.17) is 9.84 Å². The number of aliphatic carboxylic acids is 1. The zero-order valence-electron chi connectivity index (χ0n) is 12.4. The van der Waals surface area contributed by atoms with E-state index in [-0.39, 0.29) is 25.5 Å². The van der Waals surface area contributed by atoms with Crippen LogP contribution < -0.4 is 4.74 Å². The molecule has 0 bridgehead atoms. The highest BCUT2D eigenvalue weighted by Gasteiger charge is 2.27. The average molecular weight is 358 g/mol. The van der Waals surface area contributed by atoms with Gasteiger partial charge >= 0.3 is 5.97 Å². The molecule has 0 spiro atoms. The zero-order valence-corrected chi connectivity index (χ0v) is 14.0.